The van der Waals surface area contributed by atoms with Gasteiger partial charge in [0.25, 0.3) is 0 Å². The van der Waals surface area contributed by atoms with Crippen LogP contribution in [0.3, 0.4) is 0 Å². The lowest BCUT2D eigenvalue weighted by atomic mass is 10.4. The summed E-state index contributed by atoms with van der Waals surface area (Å²) >= 11 is 3.38. The van der Waals surface area contributed by atoms with Gasteiger partial charge >= 0.3 is 5.97 Å². The Morgan fingerprint density at radius 1 is 1.50 bits per heavy atom. The van der Waals surface area contributed by atoms with Crippen molar-refractivity contribution in [1.29, 1.82) is 0 Å². The van der Waals surface area contributed by atoms with E-state index in [0.717, 1.165) is 17.4 Å². The lowest BCUT2D eigenvalue weighted by Gasteiger charge is -2.09. The van der Waals surface area contributed by atoms with Gasteiger partial charge in [-0.2, -0.15) is 0 Å². The number of hydrogen-bond donors (Lipinski definition) is 1. The molecular weight excluding hydrogens is 274 g/mol. The van der Waals surface area contributed by atoms with E-state index >= 15 is 0 Å². The molecular formula is C10H14BrN3O2. The van der Waals surface area contributed by atoms with E-state index in [1.165, 1.54) is 7.11 Å². The molecule has 1 aromatic rings. The Hall–Kier alpha value is -1.17. The normalized spacial score (nSPS) is 10.0. The van der Waals surface area contributed by atoms with Gasteiger partial charge in [-0.3, -0.25) is 0 Å². The molecule has 0 aromatic carbocycles. The van der Waals surface area contributed by atoms with Crippen LogP contribution in [0.4, 0.5) is 5.82 Å². The van der Waals surface area contributed by atoms with Crippen molar-refractivity contribution in [2.24, 2.45) is 0 Å². The van der Waals surface area contributed by atoms with Gasteiger partial charge in [-0.25, -0.2) is 14.8 Å². The molecule has 0 radical (unpaired) electrons. The molecule has 0 aliphatic carbocycles. The van der Waals surface area contributed by atoms with E-state index in [9.17, 15) is 4.79 Å². The lowest BCUT2D eigenvalue weighted by Crippen LogP contribution is -2.12. The van der Waals surface area contributed by atoms with Gasteiger partial charge in [0, 0.05) is 6.54 Å². The van der Waals surface area contributed by atoms with Crippen LogP contribution < -0.4 is 5.32 Å². The molecule has 0 amide bonds. The van der Waals surface area contributed by atoms with Crippen LogP contribution in [0.2, 0.25) is 0 Å². The van der Waals surface area contributed by atoms with Gasteiger partial charge in [0.15, 0.2) is 0 Å². The number of rotatable bonds is 4. The highest BCUT2D eigenvalue weighted by molar-refractivity contribution is 9.10. The maximum Gasteiger partial charge on any atom is 0.376 e. The van der Waals surface area contributed by atoms with Crippen LogP contribution in [0.15, 0.2) is 4.47 Å². The highest BCUT2D eigenvalue weighted by Crippen LogP contribution is 2.23. The first-order valence-corrected chi connectivity index (χ1v) is 5.75. The molecule has 0 unspecified atom stereocenters. The summed E-state index contributed by atoms with van der Waals surface area (Å²) in [4.78, 5) is 19.5. The van der Waals surface area contributed by atoms with Crippen molar-refractivity contribution >= 4 is 27.7 Å². The zero-order chi connectivity index (χ0) is 12.1. The predicted octanol–water partition coefficient (Wildman–Crippen LogP) is 2.16. The minimum absolute atomic E-state index is 0.0711. The van der Waals surface area contributed by atoms with Gasteiger partial charge in [0.2, 0.25) is 5.82 Å². The van der Waals surface area contributed by atoms with E-state index in [1.54, 1.807) is 6.92 Å². The number of nitrogens with zero attached hydrogens (tertiary/aromatic N) is 2. The third-order valence-electron chi connectivity index (χ3n) is 1.93. The summed E-state index contributed by atoms with van der Waals surface area (Å²) < 4.78 is 5.36. The molecule has 0 aliphatic heterocycles. The number of aryl methyl sites for hydroxylation is 1. The second kappa shape index (κ2) is 5.79. The molecule has 0 fully saturated rings. The first-order chi connectivity index (χ1) is 7.60. The fraction of sp³-hybridized carbons (Fsp3) is 0.500. The smallest absolute Gasteiger partial charge is 0.376 e. The molecule has 0 saturated carbocycles. The highest BCUT2D eigenvalue weighted by Gasteiger charge is 2.14. The number of esters is 1. The molecule has 1 aromatic heterocycles. The van der Waals surface area contributed by atoms with Crippen LogP contribution in [0.25, 0.3) is 0 Å². The van der Waals surface area contributed by atoms with Crippen LogP contribution in [0.1, 0.15) is 29.7 Å². The van der Waals surface area contributed by atoms with Crippen molar-refractivity contribution in [2.45, 2.75) is 20.3 Å². The van der Waals surface area contributed by atoms with Crippen molar-refractivity contribution in [3.63, 3.8) is 0 Å². The number of halogens is 1. The number of carbonyl (C=O) groups excluding carboxylic acids is 1. The fourth-order valence-corrected chi connectivity index (χ4v) is 1.42. The van der Waals surface area contributed by atoms with Crippen LogP contribution in [-0.2, 0) is 4.74 Å². The fourth-order valence-electron chi connectivity index (χ4n) is 1.10. The summed E-state index contributed by atoms with van der Waals surface area (Å²) in [6.07, 6.45) is 0.975. The number of anilines is 1. The summed E-state index contributed by atoms with van der Waals surface area (Å²) in [7, 11) is 1.31. The minimum atomic E-state index is -0.532. The molecule has 5 nitrogen and oxygen atoms in total. The number of aromatic nitrogens is 2. The van der Waals surface area contributed by atoms with E-state index < -0.39 is 5.97 Å². The van der Waals surface area contributed by atoms with Crippen LogP contribution in [0.5, 0.6) is 0 Å². The van der Waals surface area contributed by atoms with Crippen molar-refractivity contribution in [1.82, 2.24) is 9.97 Å². The van der Waals surface area contributed by atoms with Gasteiger partial charge in [-0.05, 0) is 29.3 Å². The average molecular weight is 288 g/mol. The van der Waals surface area contributed by atoms with E-state index in [-0.39, 0.29) is 5.82 Å². The Balaban J connectivity index is 3.06. The van der Waals surface area contributed by atoms with E-state index in [1.807, 2.05) is 0 Å². The topological polar surface area (TPSA) is 64.1 Å². The first-order valence-electron chi connectivity index (χ1n) is 4.96. The number of methoxy groups -OCH3 is 1. The van der Waals surface area contributed by atoms with Crippen molar-refractivity contribution in [3.8, 4) is 0 Å². The second-order valence-electron chi connectivity index (χ2n) is 3.21. The molecule has 0 bridgehead atoms. The third kappa shape index (κ3) is 2.91. The monoisotopic (exact) mass is 287 g/mol. The molecule has 1 heterocycles. The number of nitrogens with one attached hydrogen (secondary N) is 1. The maximum absolute atomic E-state index is 11.3. The molecule has 0 atom stereocenters. The van der Waals surface area contributed by atoms with Crippen molar-refractivity contribution in [3.05, 3.63) is 16.0 Å². The molecule has 0 saturated heterocycles. The van der Waals surface area contributed by atoms with Crippen molar-refractivity contribution in [2.75, 3.05) is 19.0 Å². The van der Waals surface area contributed by atoms with Gasteiger partial charge in [0.1, 0.15) is 5.82 Å². The Morgan fingerprint density at radius 2 is 2.19 bits per heavy atom. The quantitative estimate of drug-likeness (QED) is 0.860. The van der Waals surface area contributed by atoms with Gasteiger partial charge in [0.05, 0.1) is 17.3 Å². The molecule has 88 valence electrons. The summed E-state index contributed by atoms with van der Waals surface area (Å²) in [5, 5.41) is 3.12. The van der Waals surface area contributed by atoms with Gasteiger partial charge in [-0.15, -0.1) is 0 Å². The van der Waals surface area contributed by atoms with Crippen LogP contribution >= 0.6 is 15.9 Å². The van der Waals surface area contributed by atoms with Crippen LogP contribution in [0, 0.1) is 6.92 Å². The molecule has 16 heavy (non-hydrogen) atoms. The second-order valence-corrected chi connectivity index (χ2v) is 4.01. The predicted molar refractivity (Wildman–Crippen MR) is 64.6 cm³/mol. The summed E-state index contributed by atoms with van der Waals surface area (Å²) in [5.41, 5.74) is 0.703. The Morgan fingerprint density at radius 3 is 2.75 bits per heavy atom. The van der Waals surface area contributed by atoms with E-state index in [0.29, 0.717) is 11.5 Å². The summed E-state index contributed by atoms with van der Waals surface area (Å²) in [6, 6.07) is 0. The lowest BCUT2D eigenvalue weighted by molar-refractivity contribution is 0.0586. The van der Waals surface area contributed by atoms with Gasteiger partial charge in [-0.1, -0.05) is 6.92 Å². The Bertz CT molecular complexity index is 396. The molecule has 1 N–H and O–H groups in total. The number of hydrogen-bond acceptors (Lipinski definition) is 5. The molecule has 0 aliphatic rings. The zero-order valence-corrected chi connectivity index (χ0v) is 11.1. The average Bonchev–Trinajstić information content (AvgIpc) is 2.29. The van der Waals surface area contributed by atoms with Crippen molar-refractivity contribution < 1.29 is 9.53 Å². The maximum atomic E-state index is 11.3. The molecule has 0 spiro atoms. The Labute approximate surface area is 103 Å². The highest BCUT2D eigenvalue weighted by atomic mass is 79.9. The summed E-state index contributed by atoms with van der Waals surface area (Å²) in [6.45, 7) is 4.64. The Kier molecular flexibility index (Phi) is 4.67. The standard InChI is InChI=1S/C10H14BrN3O2/c1-4-5-12-8-7(11)6(2)13-9(14-8)10(15)16-3/h4-5H2,1-3H3,(H,12,13,14). The number of carbonyl (C=O) groups is 1. The minimum Gasteiger partial charge on any atom is -0.463 e. The van der Waals surface area contributed by atoms with E-state index in [2.05, 4.69) is 42.9 Å². The summed E-state index contributed by atoms with van der Waals surface area (Å²) in [5.74, 6) is 0.159. The van der Waals surface area contributed by atoms with Crippen LogP contribution in [-0.4, -0.2) is 29.6 Å². The van der Waals surface area contributed by atoms with E-state index in [4.69, 9.17) is 0 Å². The SMILES string of the molecule is CCCNc1nc(C(=O)OC)nc(C)c1Br. The molecule has 6 heteroatoms. The molecule has 1 rings (SSSR count). The first kappa shape index (κ1) is 12.9. The largest absolute Gasteiger partial charge is 0.463 e. The zero-order valence-electron chi connectivity index (χ0n) is 9.50. The number of ether oxygens (including phenoxy) is 1. The van der Waals surface area contributed by atoms with Gasteiger partial charge < -0.3 is 10.1 Å². The third-order valence-corrected chi connectivity index (χ3v) is 2.88.